The molecule has 1 atom stereocenters. The lowest BCUT2D eigenvalue weighted by Gasteiger charge is -2.16. The summed E-state index contributed by atoms with van der Waals surface area (Å²) in [6, 6.07) is 4.68. The minimum absolute atomic E-state index is 0.285. The van der Waals surface area contributed by atoms with E-state index in [-0.39, 0.29) is 5.46 Å². The summed E-state index contributed by atoms with van der Waals surface area (Å²) in [5.41, 5.74) is 1.06. The molecule has 0 aliphatic heterocycles. The number of rotatable bonds is 4. The van der Waals surface area contributed by atoms with E-state index < -0.39 is 19.4 Å². The highest BCUT2D eigenvalue weighted by Gasteiger charge is 2.14. The van der Waals surface area contributed by atoms with Crippen LogP contribution in [-0.4, -0.2) is 34.6 Å². The van der Waals surface area contributed by atoms with Gasteiger partial charge in [0.15, 0.2) is 6.23 Å². The molecule has 152 valence electrons. The van der Waals surface area contributed by atoms with Crippen molar-refractivity contribution in [2.45, 2.75) is 75.0 Å². The minimum atomic E-state index is -1.58. The van der Waals surface area contributed by atoms with Crippen molar-refractivity contribution in [1.29, 1.82) is 0 Å². The van der Waals surface area contributed by atoms with Gasteiger partial charge in [-0.1, -0.05) is 67.0 Å². The van der Waals surface area contributed by atoms with Gasteiger partial charge in [0.05, 0.1) is 0 Å². The predicted octanol–water partition coefficient (Wildman–Crippen LogP) is 3.77. The molecule has 1 aromatic carbocycles. The van der Waals surface area contributed by atoms with Crippen LogP contribution >= 0.6 is 0 Å². The Bertz CT molecular complexity index is 464. The van der Waals surface area contributed by atoms with Crippen molar-refractivity contribution >= 4 is 18.7 Å². The van der Waals surface area contributed by atoms with E-state index in [1.165, 1.54) is 19.4 Å². The predicted molar refractivity (Wildman–Crippen MR) is 110 cm³/mol. The summed E-state index contributed by atoms with van der Waals surface area (Å²) in [5.74, 6) is 1.23. The van der Waals surface area contributed by atoms with Crippen LogP contribution in [0.25, 0.3) is 0 Å². The molecule has 26 heavy (non-hydrogen) atoms. The van der Waals surface area contributed by atoms with E-state index in [4.69, 9.17) is 19.9 Å². The number of hydrogen-bond acceptors (Lipinski definition) is 4. The third-order valence-corrected chi connectivity index (χ3v) is 2.14. The molecular weight excluding hydrogens is 333 g/mol. The van der Waals surface area contributed by atoms with Gasteiger partial charge in [0.25, 0.3) is 0 Å². The molecule has 0 heterocycles. The molecule has 7 heteroatoms. The minimum Gasteiger partial charge on any atom is -0.471 e. The van der Waals surface area contributed by atoms with Crippen molar-refractivity contribution in [2.24, 2.45) is 5.92 Å². The maximum absolute atomic E-state index is 10.4. The number of carboxylic acid groups (broad SMARTS) is 1. The Labute approximate surface area is 159 Å². The molecule has 1 aromatic rings. The first kappa shape index (κ1) is 29.1. The Kier molecular flexibility index (Phi) is 20.2. The van der Waals surface area contributed by atoms with Crippen molar-refractivity contribution in [3.8, 4) is 5.75 Å². The fourth-order valence-electron chi connectivity index (χ4n) is 1.30. The monoisotopic (exact) mass is 371 g/mol. The molecule has 0 spiro atoms. The molecule has 0 bridgehead atoms. The molecule has 0 aliphatic carbocycles. The molecule has 0 saturated carbocycles. The zero-order valence-corrected chi connectivity index (χ0v) is 17.8. The largest absolute Gasteiger partial charge is 0.488 e. The maximum atomic E-state index is 10.4. The summed E-state index contributed by atoms with van der Waals surface area (Å²) in [6.45, 7) is 18.1. The van der Waals surface area contributed by atoms with Crippen molar-refractivity contribution in [3.63, 3.8) is 0 Å². The van der Waals surface area contributed by atoms with Gasteiger partial charge in [-0.15, -0.1) is 0 Å². The second kappa shape index (κ2) is 18.1. The number of amides is 1. The first-order chi connectivity index (χ1) is 12.0. The van der Waals surface area contributed by atoms with Crippen LogP contribution in [0.3, 0.4) is 0 Å². The molecule has 0 aromatic heterocycles. The van der Waals surface area contributed by atoms with Crippen molar-refractivity contribution in [2.75, 3.05) is 0 Å². The van der Waals surface area contributed by atoms with E-state index in [0.29, 0.717) is 5.75 Å². The molecule has 0 aliphatic rings. The zero-order chi connectivity index (χ0) is 21.3. The highest BCUT2D eigenvalue weighted by atomic mass is 16.5. The van der Waals surface area contributed by atoms with Gasteiger partial charge in [-0.2, -0.15) is 0 Å². The van der Waals surface area contributed by atoms with Crippen LogP contribution in [0.5, 0.6) is 5.75 Å². The lowest BCUT2D eigenvalue weighted by Crippen LogP contribution is -2.36. The number of benzene rings is 1. The van der Waals surface area contributed by atoms with Crippen LogP contribution < -0.4 is 15.5 Å². The van der Waals surface area contributed by atoms with Gasteiger partial charge in [0, 0.05) is 0 Å². The fraction of sp³-hybridized carbons (Fsp3) is 0.632. The standard InChI is InChI=1S/C10H14BNO5.C4H10.C3H8.C2H6/c1-6-3-4-8(11(15)16)5-9(6)17-7(2)12-10(13)14;1-4(2)3;1-3-2;1-2/h3-5,7,12,15-16H,1-2H3,(H,13,14);4H,1-3H3;3H2,1-2H3;1-2H3. The third-order valence-electron chi connectivity index (χ3n) is 2.14. The Morgan fingerprint density at radius 2 is 1.58 bits per heavy atom. The molecular formula is C19H38BNO5. The number of aryl methyl sites for hydroxylation is 1. The van der Waals surface area contributed by atoms with Crippen molar-refractivity contribution < 1.29 is 24.7 Å². The van der Waals surface area contributed by atoms with E-state index >= 15 is 0 Å². The van der Waals surface area contributed by atoms with Crippen LogP contribution in [-0.2, 0) is 0 Å². The zero-order valence-electron chi connectivity index (χ0n) is 17.8. The van der Waals surface area contributed by atoms with E-state index in [2.05, 4.69) is 39.9 Å². The molecule has 1 unspecified atom stereocenters. The number of nitrogens with one attached hydrogen (secondary N) is 1. The van der Waals surface area contributed by atoms with Gasteiger partial charge in [-0.25, -0.2) is 4.79 Å². The Morgan fingerprint density at radius 3 is 1.92 bits per heavy atom. The second-order valence-corrected chi connectivity index (χ2v) is 6.05. The number of carbonyl (C=O) groups is 1. The van der Waals surface area contributed by atoms with Crippen molar-refractivity contribution in [3.05, 3.63) is 23.8 Å². The first-order valence-electron chi connectivity index (χ1n) is 9.17. The summed E-state index contributed by atoms with van der Waals surface area (Å²) in [7, 11) is -1.58. The first-order valence-corrected chi connectivity index (χ1v) is 9.17. The van der Waals surface area contributed by atoms with Gasteiger partial charge in [-0.05, 0) is 36.9 Å². The molecule has 0 saturated heterocycles. The summed E-state index contributed by atoms with van der Waals surface area (Å²) >= 11 is 0. The topological polar surface area (TPSA) is 99.0 Å². The Morgan fingerprint density at radius 1 is 1.15 bits per heavy atom. The molecule has 1 rings (SSSR count). The van der Waals surface area contributed by atoms with E-state index in [1.54, 1.807) is 19.1 Å². The molecule has 1 amide bonds. The van der Waals surface area contributed by atoms with Crippen LogP contribution in [0, 0.1) is 12.8 Å². The van der Waals surface area contributed by atoms with Crippen LogP contribution in [0.1, 0.15) is 67.4 Å². The lowest BCUT2D eigenvalue weighted by atomic mass is 9.80. The van der Waals surface area contributed by atoms with Crippen LogP contribution in [0.2, 0.25) is 0 Å². The summed E-state index contributed by atoms with van der Waals surface area (Å²) < 4.78 is 5.33. The van der Waals surface area contributed by atoms with Crippen LogP contribution in [0.15, 0.2) is 18.2 Å². The molecule has 4 N–H and O–H groups in total. The Balaban J connectivity index is -0.000000495. The quantitative estimate of drug-likeness (QED) is 0.477. The summed E-state index contributed by atoms with van der Waals surface area (Å²) in [5, 5.41) is 28.7. The average molecular weight is 371 g/mol. The van der Waals surface area contributed by atoms with Gasteiger partial charge < -0.3 is 19.9 Å². The average Bonchev–Trinajstić information content (AvgIpc) is 2.50. The maximum Gasteiger partial charge on any atom is 0.488 e. The van der Waals surface area contributed by atoms with Gasteiger partial charge in [0.1, 0.15) is 5.75 Å². The lowest BCUT2D eigenvalue weighted by molar-refractivity contribution is 0.148. The van der Waals surface area contributed by atoms with Gasteiger partial charge >= 0.3 is 13.2 Å². The van der Waals surface area contributed by atoms with Crippen molar-refractivity contribution in [1.82, 2.24) is 5.32 Å². The summed E-state index contributed by atoms with van der Waals surface area (Å²) in [6.07, 6.45) is -0.661. The fourth-order valence-corrected chi connectivity index (χ4v) is 1.30. The SMILES string of the molecule is CC.CC(C)C.CCC.Cc1ccc(B(O)O)cc1OC(C)NC(=O)O. The number of ether oxygens (including phenoxy) is 1. The van der Waals surface area contributed by atoms with E-state index in [0.717, 1.165) is 11.5 Å². The van der Waals surface area contributed by atoms with E-state index in [1.807, 2.05) is 13.8 Å². The molecule has 0 radical (unpaired) electrons. The molecule has 0 fully saturated rings. The normalized spacial score (nSPS) is 10.0. The van der Waals surface area contributed by atoms with E-state index in [9.17, 15) is 4.79 Å². The third kappa shape index (κ3) is 18.6. The Hall–Kier alpha value is -1.73. The summed E-state index contributed by atoms with van der Waals surface area (Å²) in [4.78, 5) is 10.4. The second-order valence-electron chi connectivity index (χ2n) is 6.05. The molecule has 6 nitrogen and oxygen atoms in total. The highest BCUT2D eigenvalue weighted by molar-refractivity contribution is 6.58. The number of hydrogen-bond donors (Lipinski definition) is 4. The van der Waals surface area contributed by atoms with Crippen LogP contribution in [0.4, 0.5) is 4.79 Å². The highest BCUT2D eigenvalue weighted by Crippen LogP contribution is 2.16. The smallest absolute Gasteiger partial charge is 0.471 e. The van der Waals surface area contributed by atoms with Gasteiger partial charge in [0.2, 0.25) is 0 Å². The van der Waals surface area contributed by atoms with Gasteiger partial charge in [-0.3, -0.25) is 5.32 Å².